The summed E-state index contributed by atoms with van der Waals surface area (Å²) in [5.74, 6) is 1.29. The zero-order chi connectivity index (χ0) is 14.7. The van der Waals surface area contributed by atoms with Gasteiger partial charge in [-0.05, 0) is 26.0 Å². The standard InChI is InChI=1S/C14H17N3O3/c1-9(2)17-14(13(8-18)15-16-17)10-5-11(19-3)7-12(6-10)20-4/h5-9H,1-4H3. The first-order valence-electron chi connectivity index (χ1n) is 6.24. The highest BCUT2D eigenvalue weighted by Crippen LogP contribution is 2.31. The molecule has 0 N–H and O–H groups in total. The van der Waals surface area contributed by atoms with Gasteiger partial charge in [0.15, 0.2) is 12.0 Å². The van der Waals surface area contributed by atoms with Crippen molar-refractivity contribution in [2.45, 2.75) is 19.9 Å². The van der Waals surface area contributed by atoms with Crippen LogP contribution in [0.4, 0.5) is 0 Å². The van der Waals surface area contributed by atoms with Crippen LogP contribution >= 0.6 is 0 Å². The quantitative estimate of drug-likeness (QED) is 0.784. The molecular formula is C14H17N3O3. The predicted molar refractivity (Wildman–Crippen MR) is 74.3 cm³/mol. The Hall–Kier alpha value is -2.37. The van der Waals surface area contributed by atoms with Crippen LogP contribution in [-0.2, 0) is 0 Å². The first-order valence-corrected chi connectivity index (χ1v) is 6.24. The van der Waals surface area contributed by atoms with Gasteiger partial charge in [-0.3, -0.25) is 4.79 Å². The molecule has 2 aromatic rings. The Morgan fingerprint density at radius 1 is 1.15 bits per heavy atom. The Kier molecular flexibility index (Phi) is 4.02. The number of hydrogen-bond donors (Lipinski definition) is 0. The fraction of sp³-hybridized carbons (Fsp3) is 0.357. The molecule has 106 valence electrons. The second-order valence-electron chi connectivity index (χ2n) is 4.58. The molecule has 1 aromatic carbocycles. The van der Waals surface area contributed by atoms with E-state index in [0.29, 0.717) is 29.2 Å². The van der Waals surface area contributed by atoms with E-state index >= 15 is 0 Å². The fourth-order valence-electron chi connectivity index (χ4n) is 1.97. The normalized spacial score (nSPS) is 10.7. The average molecular weight is 275 g/mol. The third-order valence-corrected chi connectivity index (χ3v) is 2.95. The van der Waals surface area contributed by atoms with Crippen LogP contribution < -0.4 is 9.47 Å². The van der Waals surface area contributed by atoms with Crippen molar-refractivity contribution in [2.75, 3.05) is 14.2 Å². The van der Waals surface area contributed by atoms with Crippen LogP contribution in [0.1, 0.15) is 30.4 Å². The molecule has 1 aromatic heterocycles. The number of ether oxygens (including phenoxy) is 2. The molecule has 0 aliphatic rings. The van der Waals surface area contributed by atoms with Crippen molar-refractivity contribution in [3.05, 3.63) is 23.9 Å². The highest BCUT2D eigenvalue weighted by molar-refractivity contribution is 5.84. The van der Waals surface area contributed by atoms with Crippen molar-refractivity contribution >= 4 is 6.29 Å². The highest BCUT2D eigenvalue weighted by Gasteiger charge is 2.18. The fourth-order valence-corrected chi connectivity index (χ4v) is 1.97. The van der Waals surface area contributed by atoms with Crippen molar-refractivity contribution in [1.29, 1.82) is 0 Å². The molecule has 0 spiro atoms. The van der Waals surface area contributed by atoms with E-state index < -0.39 is 0 Å². The number of aromatic nitrogens is 3. The van der Waals surface area contributed by atoms with Crippen molar-refractivity contribution in [3.63, 3.8) is 0 Å². The number of carbonyl (C=O) groups is 1. The van der Waals surface area contributed by atoms with Gasteiger partial charge in [-0.15, -0.1) is 5.10 Å². The zero-order valence-corrected chi connectivity index (χ0v) is 12.0. The first-order chi connectivity index (χ1) is 9.60. The maximum Gasteiger partial charge on any atom is 0.172 e. The van der Waals surface area contributed by atoms with Crippen LogP contribution in [0, 0.1) is 0 Å². The van der Waals surface area contributed by atoms with E-state index in [1.807, 2.05) is 26.0 Å². The molecule has 2 rings (SSSR count). The molecular weight excluding hydrogens is 258 g/mol. The molecule has 6 nitrogen and oxygen atoms in total. The lowest BCUT2D eigenvalue weighted by Gasteiger charge is -2.12. The van der Waals surface area contributed by atoms with E-state index in [1.165, 1.54) is 0 Å². The second-order valence-corrected chi connectivity index (χ2v) is 4.58. The molecule has 6 heteroatoms. The van der Waals surface area contributed by atoms with Crippen LogP contribution in [0.15, 0.2) is 18.2 Å². The lowest BCUT2D eigenvalue weighted by atomic mass is 10.1. The number of benzene rings is 1. The summed E-state index contributed by atoms with van der Waals surface area (Å²) < 4.78 is 12.2. The number of rotatable bonds is 5. The first kappa shape index (κ1) is 14.0. The van der Waals surface area contributed by atoms with Crippen molar-refractivity contribution in [1.82, 2.24) is 15.0 Å². The molecule has 0 amide bonds. The molecule has 0 atom stereocenters. The van der Waals surface area contributed by atoms with Crippen molar-refractivity contribution in [2.24, 2.45) is 0 Å². The minimum atomic E-state index is 0.0865. The van der Waals surface area contributed by atoms with Gasteiger partial charge in [0.05, 0.1) is 19.9 Å². The van der Waals surface area contributed by atoms with Crippen LogP contribution in [0.25, 0.3) is 11.3 Å². The summed E-state index contributed by atoms with van der Waals surface area (Å²) in [6, 6.07) is 5.51. The van der Waals surface area contributed by atoms with Crippen molar-refractivity contribution in [3.8, 4) is 22.8 Å². The van der Waals surface area contributed by atoms with Gasteiger partial charge in [-0.25, -0.2) is 4.68 Å². The average Bonchev–Trinajstić information content (AvgIpc) is 2.90. The maximum absolute atomic E-state index is 11.2. The topological polar surface area (TPSA) is 66.2 Å². The third-order valence-electron chi connectivity index (χ3n) is 2.95. The molecule has 0 aliphatic heterocycles. The molecule has 0 bridgehead atoms. The Balaban J connectivity index is 2.66. The second kappa shape index (κ2) is 5.73. The lowest BCUT2D eigenvalue weighted by Crippen LogP contribution is -2.05. The third kappa shape index (κ3) is 2.49. The molecule has 0 aliphatic carbocycles. The number of aldehydes is 1. The van der Waals surface area contributed by atoms with Crippen LogP contribution in [-0.4, -0.2) is 35.5 Å². The monoisotopic (exact) mass is 275 g/mol. The van der Waals surface area contributed by atoms with Gasteiger partial charge in [0.2, 0.25) is 0 Å². The summed E-state index contributed by atoms with van der Waals surface area (Å²) in [5.41, 5.74) is 1.74. The largest absolute Gasteiger partial charge is 0.497 e. The molecule has 0 saturated carbocycles. The molecule has 0 radical (unpaired) electrons. The number of hydrogen-bond acceptors (Lipinski definition) is 5. The Morgan fingerprint density at radius 3 is 2.20 bits per heavy atom. The summed E-state index contributed by atoms with van der Waals surface area (Å²) in [6.07, 6.45) is 0.702. The Morgan fingerprint density at radius 2 is 1.75 bits per heavy atom. The molecule has 20 heavy (non-hydrogen) atoms. The highest BCUT2D eigenvalue weighted by atomic mass is 16.5. The smallest absolute Gasteiger partial charge is 0.172 e. The predicted octanol–water partition coefficient (Wildman–Crippen LogP) is 2.36. The number of nitrogens with zero attached hydrogens (tertiary/aromatic N) is 3. The van der Waals surface area contributed by atoms with Gasteiger partial charge < -0.3 is 9.47 Å². The molecule has 0 unspecified atom stereocenters. The van der Waals surface area contributed by atoms with Crippen LogP contribution in [0.3, 0.4) is 0 Å². The molecule has 1 heterocycles. The van der Waals surface area contributed by atoms with Gasteiger partial charge >= 0.3 is 0 Å². The number of methoxy groups -OCH3 is 2. The van der Waals surface area contributed by atoms with Crippen LogP contribution in [0.5, 0.6) is 11.5 Å². The maximum atomic E-state index is 11.2. The van der Waals surface area contributed by atoms with E-state index in [-0.39, 0.29) is 6.04 Å². The van der Waals surface area contributed by atoms with Crippen LogP contribution in [0.2, 0.25) is 0 Å². The summed E-state index contributed by atoms with van der Waals surface area (Å²) in [6.45, 7) is 3.95. The SMILES string of the molecule is COc1cc(OC)cc(-c2c(C=O)nnn2C(C)C)c1. The Bertz CT molecular complexity index is 598. The van der Waals surface area contributed by atoms with E-state index in [9.17, 15) is 4.79 Å². The molecule has 0 fully saturated rings. The van der Waals surface area contributed by atoms with E-state index in [1.54, 1.807) is 25.0 Å². The summed E-state index contributed by atoms with van der Waals surface area (Å²) in [5, 5.41) is 7.93. The van der Waals surface area contributed by atoms with Crippen molar-refractivity contribution < 1.29 is 14.3 Å². The summed E-state index contributed by atoms with van der Waals surface area (Å²) in [4.78, 5) is 11.2. The minimum absolute atomic E-state index is 0.0865. The van der Waals surface area contributed by atoms with E-state index in [4.69, 9.17) is 9.47 Å². The minimum Gasteiger partial charge on any atom is -0.497 e. The summed E-state index contributed by atoms with van der Waals surface area (Å²) >= 11 is 0. The van der Waals surface area contributed by atoms with Gasteiger partial charge in [-0.2, -0.15) is 0 Å². The van der Waals surface area contributed by atoms with Gasteiger partial charge in [0.1, 0.15) is 11.5 Å². The zero-order valence-electron chi connectivity index (χ0n) is 12.0. The van der Waals surface area contributed by atoms with Gasteiger partial charge in [0.25, 0.3) is 0 Å². The number of carbonyl (C=O) groups excluding carboxylic acids is 1. The molecule has 0 saturated heterocycles. The van der Waals surface area contributed by atoms with Gasteiger partial charge in [0, 0.05) is 17.7 Å². The van der Waals surface area contributed by atoms with E-state index in [0.717, 1.165) is 5.56 Å². The lowest BCUT2D eigenvalue weighted by molar-refractivity contribution is 0.111. The van der Waals surface area contributed by atoms with E-state index in [2.05, 4.69) is 10.3 Å². The Labute approximate surface area is 117 Å². The van der Waals surface area contributed by atoms with Gasteiger partial charge in [-0.1, -0.05) is 5.21 Å². The summed E-state index contributed by atoms with van der Waals surface area (Å²) in [7, 11) is 3.16.